The van der Waals surface area contributed by atoms with Gasteiger partial charge in [-0.25, -0.2) is 0 Å². The molecule has 10 heteroatoms. The van der Waals surface area contributed by atoms with Crippen LogP contribution in [0.4, 0.5) is 0 Å². The van der Waals surface area contributed by atoms with Gasteiger partial charge in [0.25, 0.3) is 0 Å². The average Bonchev–Trinajstić information content (AvgIpc) is 2.65. The summed E-state index contributed by atoms with van der Waals surface area (Å²) < 4.78 is 0. The van der Waals surface area contributed by atoms with E-state index in [4.69, 9.17) is 11.5 Å². The van der Waals surface area contributed by atoms with Crippen LogP contribution in [-0.2, 0) is 14.4 Å². The average molecular weight is 429 g/mol. The van der Waals surface area contributed by atoms with Crippen LogP contribution in [0, 0.1) is 11.8 Å². The second-order valence-electron chi connectivity index (χ2n) is 8.09. The summed E-state index contributed by atoms with van der Waals surface area (Å²) in [5.74, 6) is -1.02. The van der Waals surface area contributed by atoms with Gasteiger partial charge in [0, 0.05) is 13.5 Å². The number of aliphatic hydroxyl groups excluding tert-OH is 1. The Morgan fingerprint density at radius 2 is 1.67 bits per heavy atom. The molecular formula is C20H40N6O4. The fraction of sp³-hybridized carbons (Fsp3) is 0.800. The fourth-order valence-corrected chi connectivity index (χ4v) is 2.95. The molecule has 0 aliphatic heterocycles. The molecular weight excluding hydrogens is 388 g/mol. The number of carbonyl (C=O) groups excluding carboxylic acids is 3. The van der Waals surface area contributed by atoms with Crippen LogP contribution in [0.15, 0.2) is 4.99 Å². The van der Waals surface area contributed by atoms with E-state index < -0.39 is 24.0 Å². The summed E-state index contributed by atoms with van der Waals surface area (Å²) in [6.45, 7) is 9.21. The highest BCUT2D eigenvalue weighted by atomic mass is 16.3. The molecule has 0 saturated heterocycles. The van der Waals surface area contributed by atoms with Crippen molar-refractivity contribution in [3.05, 3.63) is 0 Å². The van der Waals surface area contributed by atoms with Gasteiger partial charge in [-0.1, -0.05) is 34.1 Å². The van der Waals surface area contributed by atoms with Crippen molar-refractivity contribution in [1.82, 2.24) is 16.0 Å². The van der Waals surface area contributed by atoms with Crippen LogP contribution in [0.2, 0.25) is 0 Å². The summed E-state index contributed by atoms with van der Waals surface area (Å²) in [6.07, 6.45) is 2.21. The van der Waals surface area contributed by atoms with Crippen molar-refractivity contribution in [2.24, 2.45) is 28.3 Å². The first-order valence-corrected chi connectivity index (χ1v) is 10.6. The number of guanidine groups is 1. The molecule has 30 heavy (non-hydrogen) atoms. The highest BCUT2D eigenvalue weighted by Gasteiger charge is 2.30. The first-order valence-electron chi connectivity index (χ1n) is 10.6. The van der Waals surface area contributed by atoms with Gasteiger partial charge in [0.2, 0.25) is 17.7 Å². The molecule has 4 unspecified atom stereocenters. The Morgan fingerprint density at radius 3 is 2.13 bits per heavy atom. The third-order valence-electron chi connectivity index (χ3n) is 4.77. The van der Waals surface area contributed by atoms with E-state index in [0.717, 1.165) is 0 Å². The Hall–Kier alpha value is -2.36. The minimum absolute atomic E-state index is 0.00532. The first kappa shape index (κ1) is 27.6. The topological polar surface area (TPSA) is 172 Å². The molecule has 0 saturated carbocycles. The lowest BCUT2D eigenvalue weighted by Gasteiger charge is -2.28. The minimum atomic E-state index is -0.780. The molecule has 0 radical (unpaired) electrons. The van der Waals surface area contributed by atoms with Crippen molar-refractivity contribution in [2.45, 2.75) is 78.4 Å². The monoisotopic (exact) mass is 428 g/mol. The van der Waals surface area contributed by atoms with Crippen molar-refractivity contribution < 1.29 is 19.5 Å². The van der Waals surface area contributed by atoms with Gasteiger partial charge in [0.15, 0.2) is 5.96 Å². The number of nitrogens with one attached hydrogen (secondary N) is 3. The Labute approximate surface area is 179 Å². The maximum Gasteiger partial charge on any atom is 0.243 e. The lowest BCUT2D eigenvalue weighted by Crippen LogP contribution is -2.57. The van der Waals surface area contributed by atoms with E-state index in [0.29, 0.717) is 32.2 Å². The number of hydrogen-bond acceptors (Lipinski definition) is 5. The Morgan fingerprint density at radius 1 is 1.03 bits per heavy atom. The number of nitrogens with two attached hydrogens (primary N) is 2. The van der Waals surface area contributed by atoms with E-state index in [2.05, 4.69) is 20.9 Å². The van der Waals surface area contributed by atoms with Gasteiger partial charge in [0.05, 0.1) is 12.6 Å². The molecule has 0 spiro atoms. The Kier molecular flexibility index (Phi) is 13.4. The van der Waals surface area contributed by atoms with Crippen molar-refractivity contribution in [3.63, 3.8) is 0 Å². The fourth-order valence-electron chi connectivity index (χ4n) is 2.95. The van der Waals surface area contributed by atoms with Gasteiger partial charge in [-0.3, -0.25) is 19.4 Å². The van der Waals surface area contributed by atoms with E-state index in [-0.39, 0.29) is 36.2 Å². The lowest BCUT2D eigenvalue weighted by atomic mass is 9.96. The molecule has 0 aliphatic rings. The Balaban J connectivity index is 5.14. The molecule has 0 aliphatic carbocycles. The summed E-state index contributed by atoms with van der Waals surface area (Å²) in [5.41, 5.74) is 10.6. The molecule has 4 atom stereocenters. The molecule has 0 rings (SSSR count). The predicted octanol–water partition coefficient (Wildman–Crippen LogP) is -0.401. The zero-order chi connectivity index (χ0) is 23.3. The third kappa shape index (κ3) is 11.6. The molecule has 0 fully saturated rings. The molecule has 0 heterocycles. The van der Waals surface area contributed by atoms with Crippen LogP contribution in [0.5, 0.6) is 0 Å². The second-order valence-corrected chi connectivity index (χ2v) is 8.09. The first-order chi connectivity index (χ1) is 14.0. The smallest absolute Gasteiger partial charge is 0.243 e. The molecule has 0 aromatic carbocycles. The molecule has 0 aromatic rings. The van der Waals surface area contributed by atoms with E-state index in [1.165, 1.54) is 6.92 Å². The number of rotatable bonds is 14. The second kappa shape index (κ2) is 14.6. The molecule has 3 amide bonds. The van der Waals surface area contributed by atoms with Crippen LogP contribution in [0.3, 0.4) is 0 Å². The van der Waals surface area contributed by atoms with Gasteiger partial charge in [-0.2, -0.15) is 0 Å². The van der Waals surface area contributed by atoms with Crippen LogP contribution in [0.1, 0.15) is 60.3 Å². The van der Waals surface area contributed by atoms with E-state index in [1.807, 2.05) is 27.7 Å². The van der Waals surface area contributed by atoms with E-state index in [1.54, 1.807) is 0 Å². The number of hydrogen-bond donors (Lipinski definition) is 6. The maximum absolute atomic E-state index is 12.9. The van der Waals surface area contributed by atoms with Gasteiger partial charge in [0.1, 0.15) is 12.1 Å². The molecule has 174 valence electrons. The van der Waals surface area contributed by atoms with E-state index >= 15 is 0 Å². The minimum Gasteiger partial charge on any atom is -0.394 e. The molecule has 8 N–H and O–H groups in total. The quantitative estimate of drug-likeness (QED) is 0.125. The van der Waals surface area contributed by atoms with Crippen LogP contribution in [0.25, 0.3) is 0 Å². The zero-order valence-electron chi connectivity index (χ0n) is 18.9. The standard InChI is InChI=1S/C20H40N6O4/c1-6-13(4)17(26-18(29)16(10-12(2)3)24-14(5)28)19(30)25-15(11-27)8-7-9-23-20(21)22/h12-13,15-17,27H,6-11H2,1-5H3,(H,24,28)(H,25,30)(H,26,29)(H4,21,22,23). The number of aliphatic imine (C=N–C) groups is 1. The van der Waals surface area contributed by atoms with Crippen LogP contribution < -0.4 is 27.4 Å². The molecule has 10 nitrogen and oxygen atoms in total. The highest BCUT2D eigenvalue weighted by Crippen LogP contribution is 2.11. The predicted molar refractivity (Wildman–Crippen MR) is 117 cm³/mol. The maximum atomic E-state index is 12.9. The summed E-state index contributed by atoms with van der Waals surface area (Å²) in [5, 5.41) is 17.8. The molecule has 0 bridgehead atoms. The van der Waals surface area contributed by atoms with Crippen LogP contribution >= 0.6 is 0 Å². The number of aliphatic hydroxyl groups is 1. The number of carbonyl (C=O) groups is 3. The number of nitrogens with zero attached hydrogens (tertiary/aromatic N) is 1. The SMILES string of the molecule is CCC(C)C(NC(=O)C(CC(C)C)NC(C)=O)C(=O)NC(CO)CCCN=C(N)N. The van der Waals surface area contributed by atoms with Gasteiger partial charge < -0.3 is 32.5 Å². The summed E-state index contributed by atoms with van der Waals surface area (Å²) in [4.78, 5) is 41.0. The van der Waals surface area contributed by atoms with Crippen molar-refractivity contribution in [3.8, 4) is 0 Å². The summed E-state index contributed by atoms with van der Waals surface area (Å²) in [6, 6.07) is -1.97. The normalized spacial score (nSPS) is 14.9. The van der Waals surface area contributed by atoms with E-state index in [9.17, 15) is 19.5 Å². The zero-order valence-corrected chi connectivity index (χ0v) is 18.9. The van der Waals surface area contributed by atoms with Gasteiger partial charge >= 0.3 is 0 Å². The van der Waals surface area contributed by atoms with Crippen molar-refractivity contribution in [2.75, 3.05) is 13.2 Å². The lowest BCUT2D eigenvalue weighted by molar-refractivity contribution is -0.133. The van der Waals surface area contributed by atoms with Gasteiger partial charge in [-0.05, 0) is 31.1 Å². The summed E-state index contributed by atoms with van der Waals surface area (Å²) >= 11 is 0. The number of amides is 3. The highest BCUT2D eigenvalue weighted by molar-refractivity contribution is 5.92. The largest absolute Gasteiger partial charge is 0.394 e. The molecule has 0 aromatic heterocycles. The third-order valence-corrected chi connectivity index (χ3v) is 4.77. The van der Waals surface area contributed by atoms with Crippen molar-refractivity contribution >= 4 is 23.7 Å². The summed E-state index contributed by atoms with van der Waals surface area (Å²) in [7, 11) is 0. The van der Waals surface area contributed by atoms with Crippen LogP contribution in [-0.4, -0.2) is 60.1 Å². The van der Waals surface area contributed by atoms with Crippen molar-refractivity contribution in [1.29, 1.82) is 0 Å². The van der Waals surface area contributed by atoms with Gasteiger partial charge in [-0.15, -0.1) is 0 Å². The Bertz CT molecular complexity index is 578.